The number of carbonyl (C=O) groups is 1. The van der Waals surface area contributed by atoms with E-state index in [1.54, 1.807) is 6.26 Å². The largest absolute Gasteiger partial charge is 0.462 e. The summed E-state index contributed by atoms with van der Waals surface area (Å²) in [5.74, 6) is 1.81. The first kappa shape index (κ1) is 22.8. The molecule has 0 radical (unpaired) electrons. The second-order valence-electron chi connectivity index (χ2n) is 9.18. The highest BCUT2D eigenvalue weighted by Crippen LogP contribution is 2.36. The lowest BCUT2D eigenvalue weighted by molar-refractivity contribution is 0.0751. The summed E-state index contributed by atoms with van der Waals surface area (Å²) in [6.45, 7) is 5.39. The fraction of sp³-hybridized carbons (Fsp3) is 0.276. The van der Waals surface area contributed by atoms with Crippen molar-refractivity contribution >= 4 is 17.5 Å². The predicted octanol–water partition coefficient (Wildman–Crippen LogP) is 6.24. The van der Waals surface area contributed by atoms with Crippen LogP contribution in [0.1, 0.15) is 36.5 Å². The van der Waals surface area contributed by atoms with E-state index in [2.05, 4.69) is 48.3 Å². The summed E-state index contributed by atoms with van der Waals surface area (Å²) in [7, 11) is 0. The van der Waals surface area contributed by atoms with Crippen LogP contribution in [0.5, 0.6) is 5.75 Å². The molecule has 1 unspecified atom stereocenters. The number of carbonyl (C=O) groups excluding carboxylic acids is 1. The molecule has 1 N–H and O–H groups in total. The Balaban J connectivity index is 1.28. The highest BCUT2D eigenvalue weighted by Gasteiger charge is 2.32. The smallest absolute Gasteiger partial charge is 0.417 e. The van der Waals surface area contributed by atoms with Crippen LogP contribution in [0.15, 0.2) is 84.8 Å². The molecule has 35 heavy (non-hydrogen) atoms. The first-order chi connectivity index (χ1) is 17.1. The SMILES string of the molecule is CC(C)c1ccc(NC(=O)Oc2ccc3c(c2)CCN3C(Cc2ccccc2)C2=COCO2)cc1. The van der Waals surface area contributed by atoms with Gasteiger partial charge in [0, 0.05) is 24.3 Å². The second kappa shape index (κ2) is 10.1. The van der Waals surface area contributed by atoms with Gasteiger partial charge in [-0.15, -0.1) is 0 Å². The van der Waals surface area contributed by atoms with E-state index in [-0.39, 0.29) is 12.8 Å². The molecular weight excluding hydrogens is 440 g/mol. The van der Waals surface area contributed by atoms with Crippen molar-refractivity contribution in [3.05, 3.63) is 102 Å². The van der Waals surface area contributed by atoms with Gasteiger partial charge in [-0.1, -0.05) is 56.3 Å². The molecule has 3 aromatic rings. The summed E-state index contributed by atoms with van der Waals surface area (Å²) in [5.41, 5.74) is 5.44. The van der Waals surface area contributed by atoms with Gasteiger partial charge < -0.3 is 19.1 Å². The van der Waals surface area contributed by atoms with Crippen LogP contribution >= 0.6 is 0 Å². The number of amides is 1. The third-order valence-electron chi connectivity index (χ3n) is 6.49. The Bertz CT molecular complexity index is 1210. The Morgan fingerprint density at radius 1 is 1.06 bits per heavy atom. The van der Waals surface area contributed by atoms with Crippen molar-refractivity contribution in [2.75, 3.05) is 23.6 Å². The van der Waals surface area contributed by atoms with Gasteiger partial charge in [0.2, 0.25) is 6.79 Å². The number of benzene rings is 3. The monoisotopic (exact) mass is 470 g/mol. The van der Waals surface area contributed by atoms with Crippen molar-refractivity contribution in [2.45, 2.75) is 38.6 Å². The summed E-state index contributed by atoms with van der Waals surface area (Å²) < 4.78 is 16.8. The van der Waals surface area contributed by atoms with Gasteiger partial charge in [0.15, 0.2) is 5.76 Å². The molecular formula is C29H30N2O4. The van der Waals surface area contributed by atoms with Gasteiger partial charge in [-0.2, -0.15) is 0 Å². The maximum absolute atomic E-state index is 12.5. The number of hydrogen-bond acceptors (Lipinski definition) is 5. The molecule has 2 aliphatic heterocycles. The number of ether oxygens (including phenoxy) is 3. The van der Waals surface area contributed by atoms with Crippen molar-refractivity contribution in [1.82, 2.24) is 0 Å². The third kappa shape index (κ3) is 5.27. The number of nitrogens with zero attached hydrogens (tertiary/aromatic N) is 1. The molecule has 3 aromatic carbocycles. The van der Waals surface area contributed by atoms with Gasteiger partial charge in [-0.3, -0.25) is 5.32 Å². The van der Waals surface area contributed by atoms with E-state index in [9.17, 15) is 4.79 Å². The molecule has 0 aliphatic carbocycles. The van der Waals surface area contributed by atoms with E-state index in [4.69, 9.17) is 14.2 Å². The van der Waals surface area contributed by atoms with Crippen LogP contribution in [-0.2, 0) is 22.3 Å². The van der Waals surface area contributed by atoms with Crippen LogP contribution in [0, 0.1) is 0 Å². The van der Waals surface area contributed by atoms with Gasteiger partial charge >= 0.3 is 6.09 Å². The van der Waals surface area contributed by atoms with E-state index in [1.807, 2.05) is 48.5 Å². The molecule has 180 valence electrons. The predicted molar refractivity (Wildman–Crippen MR) is 137 cm³/mol. The average molecular weight is 471 g/mol. The van der Waals surface area contributed by atoms with Crippen LogP contribution in [-0.4, -0.2) is 25.5 Å². The average Bonchev–Trinajstić information content (AvgIpc) is 3.54. The van der Waals surface area contributed by atoms with Crippen molar-refractivity contribution < 1.29 is 19.0 Å². The highest BCUT2D eigenvalue weighted by molar-refractivity contribution is 5.86. The summed E-state index contributed by atoms with van der Waals surface area (Å²) in [6.07, 6.45) is 2.90. The minimum atomic E-state index is -0.499. The van der Waals surface area contributed by atoms with Gasteiger partial charge in [0.25, 0.3) is 0 Å². The zero-order chi connectivity index (χ0) is 24.2. The molecule has 5 rings (SSSR count). The lowest BCUT2D eigenvalue weighted by Crippen LogP contribution is -2.37. The quantitative estimate of drug-likeness (QED) is 0.443. The van der Waals surface area contributed by atoms with Crippen molar-refractivity contribution in [3.63, 3.8) is 0 Å². The fourth-order valence-corrected chi connectivity index (χ4v) is 4.62. The molecule has 0 spiro atoms. The Kier molecular flexibility index (Phi) is 6.62. The number of nitrogens with one attached hydrogen (secondary N) is 1. The highest BCUT2D eigenvalue weighted by atomic mass is 16.7. The van der Waals surface area contributed by atoms with Crippen molar-refractivity contribution in [2.24, 2.45) is 0 Å². The number of rotatable bonds is 7. The van der Waals surface area contributed by atoms with E-state index >= 15 is 0 Å². The van der Waals surface area contributed by atoms with Crippen LogP contribution in [0.3, 0.4) is 0 Å². The second-order valence-corrected chi connectivity index (χ2v) is 9.18. The van der Waals surface area contributed by atoms with Crippen LogP contribution in [0.4, 0.5) is 16.2 Å². The van der Waals surface area contributed by atoms with Crippen LogP contribution < -0.4 is 15.0 Å². The maximum atomic E-state index is 12.5. The van der Waals surface area contributed by atoms with E-state index in [1.165, 1.54) is 11.1 Å². The van der Waals surface area contributed by atoms with Crippen molar-refractivity contribution in [1.29, 1.82) is 0 Å². The maximum Gasteiger partial charge on any atom is 0.417 e. The molecule has 0 saturated carbocycles. The molecule has 0 aromatic heterocycles. The number of anilines is 2. The minimum Gasteiger partial charge on any atom is -0.462 e. The molecule has 1 amide bonds. The first-order valence-corrected chi connectivity index (χ1v) is 12.0. The zero-order valence-corrected chi connectivity index (χ0v) is 20.1. The molecule has 0 fully saturated rings. The minimum absolute atomic E-state index is 0.0324. The number of hydrogen-bond donors (Lipinski definition) is 1. The molecule has 6 heteroatoms. The molecule has 6 nitrogen and oxygen atoms in total. The molecule has 1 atom stereocenters. The topological polar surface area (TPSA) is 60.0 Å². The summed E-state index contributed by atoms with van der Waals surface area (Å²) >= 11 is 0. The standard InChI is InChI=1S/C29H30N2O4/c1-20(2)22-8-10-24(11-9-22)30-29(32)35-25-12-13-26-23(17-25)14-15-31(26)27(28-18-33-19-34-28)16-21-6-4-3-5-7-21/h3-13,17-18,20,27H,14-16,19H2,1-2H3,(H,30,32). The van der Waals surface area contributed by atoms with Gasteiger partial charge in [0.1, 0.15) is 12.0 Å². The molecule has 0 bridgehead atoms. The summed E-state index contributed by atoms with van der Waals surface area (Å²) in [6, 6.07) is 24.1. The van der Waals surface area contributed by atoms with Crippen molar-refractivity contribution in [3.8, 4) is 5.75 Å². The molecule has 2 heterocycles. The number of fused-ring (bicyclic) bond motifs is 1. The van der Waals surface area contributed by atoms with Gasteiger partial charge in [0.05, 0.1) is 6.04 Å². The zero-order valence-electron chi connectivity index (χ0n) is 20.1. The van der Waals surface area contributed by atoms with E-state index in [0.29, 0.717) is 17.4 Å². The normalized spacial score (nSPS) is 15.2. The fourth-order valence-electron chi connectivity index (χ4n) is 4.62. The van der Waals surface area contributed by atoms with E-state index in [0.717, 1.165) is 36.4 Å². The van der Waals surface area contributed by atoms with Gasteiger partial charge in [-0.05, 0) is 59.4 Å². The van der Waals surface area contributed by atoms with Crippen LogP contribution in [0.2, 0.25) is 0 Å². The summed E-state index contributed by atoms with van der Waals surface area (Å²) in [4.78, 5) is 14.8. The summed E-state index contributed by atoms with van der Waals surface area (Å²) in [5, 5.41) is 2.81. The van der Waals surface area contributed by atoms with E-state index < -0.39 is 6.09 Å². The van der Waals surface area contributed by atoms with Gasteiger partial charge in [-0.25, -0.2) is 4.79 Å². The Morgan fingerprint density at radius 2 is 1.86 bits per heavy atom. The Labute approximate surface area is 206 Å². The Hall–Kier alpha value is -3.93. The lowest BCUT2D eigenvalue weighted by Gasteiger charge is -2.30. The Morgan fingerprint density at radius 3 is 2.57 bits per heavy atom. The first-order valence-electron chi connectivity index (χ1n) is 12.0. The molecule has 0 saturated heterocycles. The third-order valence-corrected chi connectivity index (χ3v) is 6.49. The lowest BCUT2D eigenvalue weighted by atomic mass is 10.0. The van der Waals surface area contributed by atoms with Crippen LogP contribution in [0.25, 0.3) is 0 Å². The molecule has 2 aliphatic rings.